The van der Waals surface area contributed by atoms with E-state index in [1.165, 1.54) is 6.42 Å². The fourth-order valence-electron chi connectivity index (χ4n) is 4.08. The number of pyridine rings is 1. The molecular weight excluding hydrogens is 306 g/mol. The van der Waals surface area contributed by atoms with Crippen LogP contribution in [-0.2, 0) is 0 Å². The van der Waals surface area contributed by atoms with E-state index in [2.05, 4.69) is 10.1 Å². The molecule has 2 aromatic heterocycles. The normalized spacial score (nSPS) is 25.7. The number of aromatic nitrogens is 2. The average molecular weight is 327 g/mol. The predicted octanol–water partition coefficient (Wildman–Crippen LogP) is 2.70. The van der Waals surface area contributed by atoms with Gasteiger partial charge in [0.05, 0.1) is 12.3 Å². The Bertz CT molecular complexity index is 730. The van der Waals surface area contributed by atoms with Gasteiger partial charge in [-0.05, 0) is 31.7 Å². The van der Waals surface area contributed by atoms with E-state index in [0.717, 1.165) is 25.1 Å². The molecule has 1 aliphatic heterocycles. The third kappa shape index (κ3) is 2.66. The molecule has 0 unspecified atom stereocenters. The average Bonchev–Trinajstić information content (AvgIpc) is 3.27. The number of ether oxygens (including phenoxy) is 1. The molecule has 2 fully saturated rings. The van der Waals surface area contributed by atoms with Crippen molar-refractivity contribution < 1.29 is 14.1 Å². The zero-order valence-corrected chi connectivity index (χ0v) is 13.8. The van der Waals surface area contributed by atoms with E-state index in [9.17, 15) is 4.79 Å². The van der Waals surface area contributed by atoms with Crippen molar-refractivity contribution in [1.29, 1.82) is 0 Å². The minimum Gasteiger partial charge on any atom is -0.477 e. The Kier molecular flexibility index (Phi) is 3.75. The van der Waals surface area contributed by atoms with E-state index >= 15 is 0 Å². The van der Waals surface area contributed by atoms with Crippen molar-refractivity contribution in [3.63, 3.8) is 0 Å². The first kappa shape index (κ1) is 15.2. The summed E-state index contributed by atoms with van der Waals surface area (Å²) in [7, 11) is 0. The van der Waals surface area contributed by atoms with Gasteiger partial charge >= 0.3 is 0 Å². The van der Waals surface area contributed by atoms with Gasteiger partial charge in [-0.3, -0.25) is 4.79 Å². The molecular formula is C18H21N3O3. The number of carbonyl (C=O) groups excluding carboxylic acids is 1. The second-order valence-electron chi connectivity index (χ2n) is 6.93. The van der Waals surface area contributed by atoms with Gasteiger partial charge in [0.15, 0.2) is 0 Å². The molecule has 2 aliphatic rings. The van der Waals surface area contributed by atoms with Crippen LogP contribution in [0.5, 0.6) is 5.88 Å². The molecule has 0 aromatic carbocycles. The topological polar surface area (TPSA) is 68.5 Å². The first-order chi connectivity index (χ1) is 11.7. The molecule has 2 aromatic rings. The molecule has 0 spiro atoms. The molecule has 1 amide bonds. The van der Waals surface area contributed by atoms with Crippen molar-refractivity contribution in [1.82, 2.24) is 15.0 Å². The summed E-state index contributed by atoms with van der Waals surface area (Å²) in [6, 6.07) is 7.37. The van der Waals surface area contributed by atoms with Crippen molar-refractivity contribution in [2.45, 2.75) is 26.2 Å². The Balaban J connectivity index is 1.47. The largest absolute Gasteiger partial charge is 0.477 e. The van der Waals surface area contributed by atoms with Crippen LogP contribution in [0, 0.1) is 18.3 Å². The SMILES string of the molecule is Cc1cc(C(=O)N2C[C@@H]3CCC[C@]3(COc3ccccn3)C2)on1. The van der Waals surface area contributed by atoms with Crippen LogP contribution in [0.2, 0.25) is 0 Å². The van der Waals surface area contributed by atoms with E-state index in [0.29, 0.717) is 30.7 Å². The van der Waals surface area contributed by atoms with E-state index in [1.807, 2.05) is 30.0 Å². The number of nitrogens with zero attached hydrogens (tertiary/aromatic N) is 3. The maximum Gasteiger partial charge on any atom is 0.292 e. The number of carbonyl (C=O) groups is 1. The van der Waals surface area contributed by atoms with Crippen LogP contribution >= 0.6 is 0 Å². The summed E-state index contributed by atoms with van der Waals surface area (Å²) < 4.78 is 11.1. The lowest BCUT2D eigenvalue weighted by Crippen LogP contribution is -2.35. The van der Waals surface area contributed by atoms with Crippen LogP contribution in [0.4, 0.5) is 0 Å². The molecule has 1 aliphatic carbocycles. The first-order valence-corrected chi connectivity index (χ1v) is 8.43. The third-order valence-corrected chi connectivity index (χ3v) is 5.31. The van der Waals surface area contributed by atoms with E-state index in [1.54, 1.807) is 12.3 Å². The number of hydrogen-bond acceptors (Lipinski definition) is 5. The highest BCUT2D eigenvalue weighted by atomic mass is 16.5. The van der Waals surface area contributed by atoms with Crippen LogP contribution in [0.15, 0.2) is 35.0 Å². The Hall–Kier alpha value is -2.37. The van der Waals surface area contributed by atoms with Gasteiger partial charge in [0, 0.05) is 36.8 Å². The minimum atomic E-state index is -0.0674. The molecule has 3 heterocycles. The Labute approximate surface area is 140 Å². The zero-order valence-electron chi connectivity index (χ0n) is 13.8. The van der Waals surface area contributed by atoms with Crippen LogP contribution in [0.1, 0.15) is 35.5 Å². The number of fused-ring (bicyclic) bond motifs is 1. The van der Waals surface area contributed by atoms with Gasteiger partial charge in [-0.25, -0.2) is 4.98 Å². The summed E-state index contributed by atoms with van der Waals surface area (Å²) in [5.74, 6) is 1.39. The standard InChI is InChI=1S/C18H21N3O3/c1-13-9-15(24-20-13)17(22)21-10-14-5-4-7-18(14,11-21)12-23-16-6-2-3-8-19-16/h2-3,6,8-9,14H,4-5,7,10-12H2,1H3/t14-,18+/m0/s1. The summed E-state index contributed by atoms with van der Waals surface area (Å²) in [5.41, 5.74) is 0.758. The quantitative estimate of drug-likeness (QED) is 0.863. The van der Waals surface area contributed by atoms with E-state index in [4.69, 9.17) is 9.26 Å². The maximum absolute atomic E-state index is 12.6. The maximum atomic E-state index is 12.6. The summed E-state index contributed by atoms with van der Waals surface area (Å²) >= 11 is 0. The Morgan fingerprint density at radius 3 is 3.17 bits per heavy atom. The minimum absolute atomic E-state index is 0.0300. The van der Waals surface area contributed by atoms with Crippen LogP contribution in [-0.4, -0.2) is 40.6 Å². The van der Waals surface area contributed by atoms with Crippen molar-refractivity contribution in [3.8, 4) is 5.88 Å². The van der Waals surface area contributed by atoms with Crippen molar-refractivity contribution in [3.05, 3.63) is 41.9 Å². The van der Waals surface area contributed by atoms with Gasteiger partial charge in [0.1, 0.15) is 0 Å². The first-order valence-electron chi connectivity index (χ1n) is 8.43. The molecule has 0 radical (unpaired) electrons. The Morgan fingerprint density at radius 2 is 2.42 bits per heavy atom. The molecule has 24 heavy (non-hydrogen) atoms. The summed E-state index contributed by atoms with van der Waals surface area (Å²) in [4.78, 5) is 18.8. The number of aryl methyl sites for hydroxylation is 1. The summed E-state index contributed by atoms with van der Waals surface area (Å²) in [6.45, 7) is 3.91. The molecule has 0 N–H and O–H groups in total. The van der Waals surface area contributed by atoms with Crippen molar-refractivity contribution >= 4 is 5.91 Å². The van der Waals surface area contributed by atoms with Gasteiger partial charge < -0.3 is 14.2 Å². The van der Waals surface area contributed by atoms with Crippen LogP contribution in [0.25, 0.3) is 0 Å². The summed E-state index contributed by atoms with van der Waals surface area (Å²) in [6.07, 6.45) is 5.16. The third-order valence-electron chi connectivity index (χ3n) is 5.31. The molecule has 4 rings (SSSR count). The highest BCUT2D eigenvalue weighted by Crippen LogP contribution is 2.49. The fraction of sp³-hybridized carbons (Fsp3) is 0.500. The predicted molar refractivity (Wildman–Crippen MR) is 86.6 cm³/mol. The molecule has 2 atom stereocenters. The van der Waals surface area contributed by atoms with Crippen molar-refractivity contribution in [2.24, 2.45) is 11.3 Å². The monoisotopic (exact) mass is 327 g/mol. The molecule has 6 nitrogen and oxygen atoms in total. The molecule has 0 bridgehead atoms. The van der Waals surface area contributed by atoms with E-state index < -0.39 is 0 Å². The van der Waals surface area contributed by atoms with Crippen LogP contribution in [0.3, 0.4) is 0 Å². The molecule has 6 heteroatoms. The second-order valence-corrected chi connectivity index (χ2v) is 6.93. The van der Waals surface area contributed by atoms with Gasteiger partial charge in [0.2, 0.25) is 11.6 Å². The molecule has 1 saturated carbocycles. The van der Waals surface area contributed by atoms with Gasteiger partial charge in [-0.15, -0.1) is 0 Å². The Morgan fingerprint density at radius 1 is 1.50 bits per heavy atom. The van der Waals surface area contributed by atoms with Gasteiger partial charge in [0.25, 0.3) is 5.91 Å². The van der Waals surface area contributed by atoms with Crippen LogP contribution < -0.4 is 4.74 Å². The molecule has 1 saturated heterocycles. The highest BCUT2D eigenvalue weighted by molar-refractivity contribution is 5.91. The van der Waals surface area contributed by atoms with E-state index in [-0.39, 0.29) is 11.3 Å². The number of hydrogen-bond donors (Lipinski definition) is 0. The van der Waals surface area contributed by atoms with Crippen molar-refractivity contribution in [2.75, 3.05) is 19.7 Å². The van der Waals surface area contributed by atoms with Gasteiger partial charge in [-0.1, -0.05) is 17.6 Å². The number of amides is 1. The fourth-order valence-corrected chi connectivity index (χ4v) is 4.08. The smallest absolute Gasteiger partial charge is 0.292 e. The second kappa shape index (κ2) is 5.92. The number of rotatable bonds is 4. The zero-order chi connectivity index (χ0) is 16.6. The van der Waals surface area contributed by atoms with Gasteiger partial charge in [-0.2, -0.15) is 0 Å². The lowest BCUT2D eigenvalue weighted by Gasteiger charge is -2.28. The lowest BCUT2D eigenvalue weighted by molar-refractivity contribution is 0.0704. The summed E-state index contributed by atoms with van der Waals surface area (Å²) in [5, 5.41) is 3.82. The lowest BCUT2D eigenvalue weighted by atomic mass is 9.81. The highest BCUT2D eigenvalue weighted by Gasteiger charge is 2.51. The number of likely N-dealkylation sites (tertiary alicyclic amines) is 1. The molecule has 126 valence electrons.